The molecule has 1 amide bonds. The Bertz CT molecular complexity index is 986. The van der Waals surface area contributed by atoms with Gasteiger partial charge in [0.1, 0.15) is 12.1 Å². The molecular weight excluding hydrogens is 356 g/mol. The van der Waals surface area contributed by atoms with E-state index >= 15 is 0 Å². The van der Waals surface area contributed by atoms with E-state index in [4.69, 9.17) is 0 Å². The summed E-state index contributed by atoms with van der Waals surface area (Å²) in [7, 11) is -3.12. The molecule has 0 bridgehead atoms. The molecule has 1 aromatic carbocycles. The second kappa shape index (κ2) is 7.14. The van der Waals surface area contributed by atoms with Gasteiger partial charge in [0.05, 0.1) is 16.9 Å². The molecule has 1 fully saturated rings. The van der Waals surface area contributed by atoms with Gasteiger partial charge >= 0.3 is 0 Å². The Kier molecular flexibility index (Phi) is 5.08. The third-order valence-corrected chi connectivity index (χ3v) is 6.62. The number of fused-ring (bicyclic) bond motifs is 1. The second-order valence-corrected chi connectivity index (χ2v) is 8.91. The van der Waals surface area contributed by atoms with Crippen molar-refractivity contribution in [2.24, 2.45) is 0 Å². The van der Waals surface area contributed by atoms with Crippen molar-refractivity contribution in [2.75, 3.05) is 11.5 Å². The molecule has 8 nitrogen and oxygen atoms in total. The number of hydrogen-bond acceptors (Lipinski definition) is 6. The number of nitrogens with zero attached hydrogens (tertiary/aromatic N) is 4. The lowest BCUT2D eigenvalue weighted by molar-refractivity contribution is -0.136. The Labute approximate surface area is 151 Å². The maximum Gasteiger partial charge on any atom is 0.278 e. The van der Waals surface area contributed by atoms with Crippen LogP contribution in [-0.4, -0.2) is 57.8 Å². The molecule has 1 saturated heterocycles. The van der Waals surface area contributed by atoms with Crippen LogP contribution >= 0.6 is 0 Å². The fraction of sp³-hybridized carbons (Fsp3) is 0.529. The molecular formula is C17H22N4O4S. The molecule has 2 heterocycles. The zero-order valence-electron chi connectivity index (χ0n) is 14.8. The van der Waals surface area contributed by atoms with E-state index in [9.17, 15) is 18.0 Å². The SMILES string of the molecule is CC[C@H](C)N(C(=O)Cn1nnc2ccccc2c1=O)[C@@H]1CCS(=O)(=O)C1. The van der Waals surface area contributed by atoms with Crippen molar-refractivity contribution in [1.29, 1.82) is 0 Å². The topological polar surface area (TPSA) is 102 Å². The lowest BCUT2D eigenvalue weighted by atomic mass is 10.1. The number of sulfone groups is 1. The van der Waals surface area contributed by atoms with Gasteiger partial charge in [-0.25, -0.2) is 13.1 Å². The third-order valence-electron chi connectivity index (χ3n) is 4.87. The van der Waals surface area contributed by atoms with Gasteiger partial charge < -0.3 is 4.90 Å². The molecule has 0 radical (unpaired) electrons. The van der Waals surface area contributed by atoms with Gasteiger partial charge in [-0.05, 0) is 31.9 Å². The van der Waals surface area contributed by atoms with Crippen LogP contribution in [0, 0.1) is 0 Å². The smallest absolute Gasteiger partial charge is 0.278 e. The molecule has 26 heavy (non-hydrogen) atoms. The fourth-order valence-corrected chi connectivity index (χ4v) is 5.05. The predicted octanol–water partition coefficient (Wildman–Crippen LogP) is 0.606. The zero-order valence-corrected chi connectivity index (χ0v) is 15.6. The van der Waals surface area contributed by atoms with Crippen LogP contribution in [0.4, 0.5) is 0 Å². The molecule has 0 unspecified atom stereocenters. The summed E-state index contributed by atoms with van der Waals surface area (Å²) in [6, 6.07) is 6.34. The average molecular weight is 378 g/mol. The van der Waals surface area contributed by atoms with Gasteiger partial charge in [0, 0.05) is 12.1 Å². The first kappa shape index (κ1) is 18.5. The van der Waals surface area contributed by atoms with Gasteiger partial charge in [0.2, 0.25) is 5.91 Å². The largest absolute Gasteiger partial charge is 0.334 e. The first-order valence-corrected chi connectivity index (χ1v) is 10.5. The van der Waals surface area contributed by atoms with Crippen LogP contribution in [0.5, 0.6) is 0 Å². The molecule has 1 aliphatic rings. The lowest BCUT2D eigenvalue weighted by Crippen LogP contribution is -2.48. The van der Waals surface area contributed by atoms with Crippen LogP contribution in [0.15, 0.2) is 29.1 Å². The molecule has 3 rings (SSSR count). The molecule has 0 saturated carbocycles. The number of aromatic nitrogens is 3. The summed E-state index contributed by atoms with van der Waals surface area (Å²) in [6.45, 7) is 3.58. The van der Waals surface area contributed by atoms with Gasteiger partial charge in [-0.3, -0.25) is 9.59 Å². The summed E-state index contributed by atoms with van der Waals surface area (Å²) in [6.07, 6.45) is 1.12. The van der Waals surface area contributed by atoms with Crippen LogP contribution in [0.3, 0.4) is 0 Å². The molecule has 1 aromatic heterocycles. The normalized spacial score (nSPS) is 20.2. The molecule has 9 heteroatoms. The van der Waals surface area contributed by atoms with Crippen molar-refractivity contribution >= 4 is 26.6 Å². The number of amides is 1. The quantitative estimate of drug-likeness (QED) is 0.755. The minimum Gasteiger partial charge on any atom is -0.334 e. The van der Waals surface area contributed by atoms with Crippen LogP contribution in [0.2, 0.25) is 0 Å². The Morgan fingerprint density at radius 2 is 2.12 bits per heavy atom. The van der Waals surface area contributed by atoms with Crippen LogP contribution in [0.25, 0.3) is 10.9 Å². The standard InChI is InChI=1S/C17H22N4O4S/c1-3-12(2)21(13-8-9-26(24,25)11-13)16(22)10-20-17(23)14-6-4-5-7-15(14)18-19-20/h4-7,12-13H,3,8-11H2,1-2H3/t12-,13+/m0/s1. The molecule has 140 valence electrons. The Morgan fingerprint density at radius 1 is 1.38 bits per heavy atom. The number of carbonyl (C=O) groups is 1. The maximum absolute atomic E-state index is 12.9. The highest BCUT2D eigenvalue weighted by Gasteiger charge is 2.36. The highest BCUT2D eigenvalue weighted by Crippen LogP contribution is 2.21. The second-order valence-electron chi connectivity index (χ2n) is 6.68. The van der Waals surface area contributed by atoms with E-state index in [1.54, 1.807) is 29.2 Å². The number of hydrogen-bond donors (Lipinski definition) is 0. The molecule has 2 atom stereocenters. The third kappa shape index (κ3) is 3.62. The summed E-state index contributed by atoms with van der Waals surface area (Å²) in [5, 5.41) is 8.24. The average Bonchev–Trinajstić information content (AvgIpc) is 2.97. The Hall–Kier alpha value is -2.29. The van der Waals surface area contributed by atoms with Gasteiger partial charge in [-0.1, -0.05) is 24.3 Å². The lowest BCUT2D eigenvalue weighted by Gasteiger charge is -2.33. The van der Waals surface area contributed by atoms with Gasteiger partial charge in [0.25, 0.3) is 5.56 Å². The molecule has 0 spiro atoms. The first-order valence-electron chi connectivity index (χ1n) is 8.66. The van der Waals surface area contributed by atoms with E-state index < -0.39 is 9.84 Å². The number of rotatable bonds is 5. The summed E-state index contributed by atoms with van der Waals surface area (Å²) in [4.78, 5) is 27.1. The maximum atomic E-state index is 12.9. The van der Waals surface area contributed by atoms with Crippen molar-refractivity contribution in [3.63, 3.8) is 0 Å². The molecule has 2 aromatic rings. The zero-order chi connectivity index (χ0) is 18.9. The van der Waals surface area contributed by atoms with Gasteiger partial charge in [0.15, 0.2) is 9.84 Å². The number of carbonyl (C=O) groups excluding carboxylic acids is 1. The van der Waals surface area contributed by atoms with Crippen LogP contribution in [-0.2, 0) is 21.2 Å². The van der Waals surface area contributed by atoms with Crippen molar-refractivity contribution in [1.82, 2.24) is 19.9 Å². The van der Waals surface area contributed by atoms with Crippen LogP contribution in [0.1, 0.15) is 26.7 Å². The monoisotopic (exact) mass is 378 g/mol. The summed E-state index contributed by atoms with van der Waals surface area (Å²) in [5.74, 6) is -0.247. The van der Waals surface area contributed by atoms with E-state index in [0.717, 1.165) is 4.68 Å². The van der Waals surface area contributed by atoms with Crippen molar-refractivity contribution in [3.05, 3.63) is 34.6 Å². The number of benzene rings is 1. The molecule has 0 aliphatic carbocycles. The van der Waals surface area contributed by atoms with E-state index in [1.807, 2.05) is 13.8 Å². The fourth-order valence-electron chi connectivity index (χ4n) is 3.34. The summed E-state index contributed by atoms with van der Waals surface area (Å²) in [5.41, 5.74) is 0.0916. The highest BCUT2D eigenvalue weighted by molar-refractivity contribution is 7.91. The first-order chi connectivity index (χ1) is 12.3. The highest BCUT2D eigenvalue weighted by atomic mass is 32.2. The van der Waals surface area contributed by atoms with E-state index in [0.29, 0.717) is 23.7 Å². The summed E-state index contributed by atoms with van der Waals surface area (Å²) < 4.78 is 24.7. The van der Waals surface area contributed by atoms with Crippen molar-refractivity contribution in [2.45, 2.75) is 45.3 Å². The molecule has 1 aliphatic heterocycles. The van der Waals surface area contributed by atoms with E-state index in [1.165, 1.54) is 0 Å². The van der Waals surface area contributed by atoms with Crippen molar-refractivity contribution < 1.29 is 13.2 Å². The summed E-state index contributed by atoms with van der Waals surface area (Å²) >= 11 is 0. The Morgan fingerprint density at radius 3 is 2.77 bits per heavy atom. The van der Waals surface area contributed by atoms with E-state index in [2.05, 4.69) is 10.3 Å². The minimum atomic E-state index is -3.12. The molecule has 0 N–H and O–H groups in total. The van der Waals surface area contributed by atoms with Crippen molar-refractivity contribution in [3.8, 4) is 0 Å². The van der Waals surface area contributed by atoms with Gasteiger partial charge in [-0.2, -0.15) is 0 Å². The predicted molar refractivity (Wildman–Crippen MR) is 97.5 cm³/mol. The Balaban J connectivity index is 1.89. The van der Waals surface area contributed by atoms with E-state index in [-0.39, 0.29) is 41.6 Å². The minimum absolute atomic E-state index is 0.0264. The van der Waals surface area contributed by atoms with Crippen LogP contribution < -0.4 is 5.56 Å². The van der Waals surface area contributed by atoms with Gasteiger partial charge in [-0.15, -0.1) is 5.10 Å².